The van der Waals surface area contributed by atoms with Crippen LogP contribution < -0.4 is 10.2 Å². The molecule has 0 saturated carbocycles. The van der Waals surface area contributed by atoms with Gasteiger partial charge in [-0.05, 0) is 41.0 Å². The van der Waals surface area contributed by atoms with Crippen LogP contribution in [0.2, 0.25) is 0 Å². The number of amides is 2. The van der Waals surface area contributed by atoms with Crippen LogP contribution in [0.15, 0.2) is 115 Å². The van der Waals surface area contributed by atoms with E-state index in [9.17, 15) is 9.59 Å². The van der Waals surface area contributed by atoms with Gasteiger partial charge in [0.05, 0.1) is 13.0 Å². The van der Waals surface area contributed by atoms with Gasteiger partial charge in [-0.25, -0.2) is 0 Å². The maximum Gasteiger partial charge on any atom is 0.258 e. The molecule has 1 N–H and O–H groups in total. The lowest BCUT2D eigenvalue weighted by Crippen LogP contribution is -2.30. The normalized spacial score (nSPS) is 10.4. The molecule has 2 amide bonds. The van der Waals surface area contributed by atoms with Crippen LogP contribution in [-0.2, 0) is 24.3 Å². The van der Waals surface area contributed by atoms with E-state index in [1.807, 2.05) is 115 Å². The van der Waals surface area contributed by atoms with Gasteiger partial charge < -0.3 is 10.2 Å². The van der Waals surface area contributed by atoms with E-state index in [0.29, 0.717) is 25.1 Å². The Morgan fingerprint density at radius 3 is 1.76 bits per heavy atom. The third-order valence-electron chi connectivity index (χ3n) is 5.39. The number of nitrogens with zero attached hydrogens (tertiary/aromatic N) is 1. The fraction of sp³-hybridized carbons (Fsp3) is 0.103. The third kappa shape index (κ3) is 6.17. The monoisotopic (exact) mass is 434 g/mol. The van der Waals surface area contributed by atoms with Gasteiger partial charge in [-0.2, -0.15) is 0 Å². The number of carbonyl (C=O) groups excluding carboxylic acids is 2. The number of anilines is 1. The van der Waals surface area contributed by atoms with Crippen molar-refractivity contribution in [2.75, 3.05) is 4.90 Å². The minimum atomic E-state index is -0.0622. The number of carbonyl (C=O) groups is 2. The van der Waals surface area contributed by atoms with Crippen molar-refractivity contribution < 1.29 is 9.59 Å². The molecule has 0 radical (unpaired) electrons. The summed E-state index contributed by atoms with van der Waals surface area (Å²) in [5.74, 6) is -0.0964. The molecule has 164 valence electrons. The van der Waals surface area contributed by atoms with Crippen molar-refractivity contribution in [3.05, 3.63) is 138 Å². The lowest BCUT2D eigenvalue weighted by atomic mass is 10.1. The smallest absolute Gasteiger partial charge is 0.258 e. The Kier molecular flexibility index (Phi) is 7.29. The Morgan fingerprint density at radius 2 is 1.15 bits per heavy atom. The van der Waals surface area contributed by atoms with Gasteiger partial charge in [0, 0.05) is 17.8 Å². The molecular weight excluding hydrogens is 408 g/mol. The highest BCUT2D eigenvalue weighted by Crippen LogP contribution is 2.21. The first kappa shape index (κ1) is 22.0. The van der Waals surface area contributed by atoms with Crippen LogP contribution >= 0.6 is 0 Å². The Bertz CT molecular complexity index is 1170. The first-order valence-electron chi connectivity index (χ1n) is 11.0. The first-order valence-corrected chi connectivity index (χ1v) is 11.0. The predicted octanol–water partition coefficient (Wildman–Crippen LogP) is 5.39. The molecule has 0 atom stereocenters. The molecular formula is C29H26N2O2. The van der Waals surface area contributed by atoms with Gasteiger partial charge in [0.25, 0.3) is 5.91 Å². The highest BCUT2D eigenvalue weighted by atomic mass is 16.2. The van der Waals surface area contributed by atoms with Crippen LogP contribution in [0.3, 0.4) is 0 Å². The topological polar surface area (TPSA) is 49.4 Å². The number of nitrogens with one attached hydrogen (secondary N) is 1. The van der Waals surface area contributed by atoms with Crippen LogP contribution in [0.4, 0.5) is 5.69 Å². The minimum Gasteiger partial charge on any atom is -0.352 e. The van der Waals surface area contributed by atoms with Crippen molar-refractivity contribution in [1.82, 2.24) is 5.32 Å². The van der Waals surface area contributed by atoms with Crippen LogP contribution in [0.1, 0.15) is 27.0 Å². The fourth-order valence-corrected chi connectivity index (χ4v) is 3.62. The molecule has 4 rings (SSSR count). The number of benzene rings is 4. The van der Waals surface area contributed by atoms with Crippen molar-refractivity contribution in [2.45, 2.75) is 19.5 Å². The molecule has 0 spiro atoms. The fourth-order valence-electron chi connectivity index (χ4n) is 3.62. The van der Waals surface area contributed by atoms with Crippen molar-refractivity contribution >= 4 is 17.5 Å². The Hall–Kier alpha value is -4.18. The summed E-state index contributed by atoms with van der Waals surface area (Å²) in [5.41, 5.74) is 4.44. The average Bonchev–Trinajstić information content (AvgIpc) is 2.88. The maximum absolute atomic E-state index is 13.3. The largest absolute Gasteiger partial charge is 0.352 e. The van der Waals surface area contributed by atoms with E-state index in [4.69, 9.17) is 0 Å². The van der Waals surface area contributed by atoms with Gasteiger partial charge in [-0.1, -0.05) is 91.0 Å². The summed E-state index contributed by atoms with van der Waals surface area (Å²) in [6.07, 6.45) is 0.290. The lowest BCUT2D eigenvalue weighted by molar-refractivity contribution is -0.120. The van der Waals surface area contributed by atoms with Crippen LogP contribution in [0, 0.1) is 0 Å². The summed E-state index contributed by atoms with van der Waals surface area (Å²) in [6, 6.07) is 36.7. The van der Waals surface area contributed by atoms with Crippen LogP contribution in [-0.4, -0.2) is 11.8 Å². The standard InChI is InChI=1S/C29H26N2O2/c32-28(30-21-24-10-4-1-5-11-24)20-23-16-18-27(19-17-23)31(22-25-12-6-2-7-13-25)29(33)26-14-8-3-9-15-26/h1-19H,20-22H2,(H,30,32). The van der Waals surface area contributed by atoms with E-state index in [-0.39, 0.29) is 11.8 Å². The van der Waals surface area contributed by atoms with E-state index < -0.39 is 0 Å². The molecule has 0 aromatic heterocycles. The van der Waals surface area contributed by atoms with Crippen molar-refractivity contribution in [1.29, 1.82) is 0 Å². The molecule has 0 aliphatic carbocycles. The summed E-state index contributed by atoms with van der Waals surface area (Å²) < 4.78 is 0. The molecule has 0 bridgehead atoms. The van der Waals surface area contributed by atoms with E-state index in [2.05, 4.69) is 5.32 Å². The Morgan fingerprint density at radius 1 is 0.606 bits per heavy atom. The first-order chi connectivity index (χ1) is 16.2. The molecule has 0 aliphatic rings. The summed E-state index contributed by atoms with van der Waals surface area (Å²) >= 11 is 0. The average molecular weight is 435 g/mol. The molecule has 33 heavy (non-hydrogen) atoms. The van der Waals surface area contributed by atoms with Crippen LogP contribution in [0.5, 0.6) is 0 Å². The minimum absolute atomic E-state index is 0.0342. The molecule has 0 saturated heterocycles. The van der Waals surface area contributed by atoms with E-state index in [1.165, 1.54) is 0 Å². The number of rotatable bonds is 8. The summed E-state index contributed by atoms with van der Waals surface area (Å²) in [6.45, 7) is 0.972. The summed E-state index contributed by atoms with van der Waals surface area (Å²) in [5, 5.41) is 2.95. The van der Waals surface area contributed by atoms with Gasteiger partial charge in [-0.3, -0.25) is 9.59 Å². The Labute approximate surface area is 194 Å². The van der Waals surface area contributed by atoms with Crippen molar-refractivity contribution in [3.63, 3.8) is 0 Å². The van der Waals surface area contributed by atoms with Gasteiger partial charge in [0.2, 0.25) is 5.91 Å². The SMILES string of the molecule is O=C(Cc1ccc(N(Cc2ccccc2)C(=O)c2ccccc2)cc1)NCc1ccccc1. The van der Waals surface area contributed by atoms with Gasteiger partial charge in [0.1, 0.15) is 0 Å². The molecule has 0 aliphatic heterocycles. The Balaban J connectivity index is 1.47. The van der Waals surface area contributed by atoms with E-state index in [0.717, 1.165) is 22.4 Å². The highest BCUT2D eigenvalue weighted by Gasteiger charge is 2.18. The second kappa shape index (κ2) is 10.9. The predicted molar refractivity (Wildman–Crippen MR) is 132 cm³/mol. The zero-order valence-electron chi connectivity index (χ0n) is 18.4. The molecule has 0 heterocycles. The highest BCUT2D eigenvalue weighted by molar-refractivity contribution is 6.06. The summed E-state index contributed by atoms with van der Waals surface area (Å²) in [7, 11) is 0. The zero-order valence-corrected chi connectivity index (χ0v) is 18.4. The van der Waals surface area contributed by atoms with Gasteiger partial charge in [0.15, 0.2) is 0 Å². The van der Waals surface area contributed by atoms with Gasteiger partial charge >= 0.3 is 0 Å². The second-order valence-electron chi connectivity index (χ2n) is 7.85. The molecule has 0 unspecified atom stereocenters. The van der Waals surface area contributed by atoms with Crippen molar-refractivity contribution in [2.24, 2.45) is 0 Å². The molecule has 0 fully saturated rings. The molecule has 4 heteroatoms. The second-order valence-corrected chi connectivity index (χ2v) is 7.85. The molecule has 4 aromatic rings. The summed E-state index contributed by atoms with van der Waals surface area (Å²) in [4.78, 5) is 27.4. The number of hydrogen-bond donors (Lipinski definition) is 1. The van der Waals surface area contributed by atoms with Gasteiger partial charge in [-0.15, -0.1) is 0 Å². The molecule has 4 nitrogen and oxygen atoms in total. The maximum atomic E-state index is 13.3. The quantitative estimate of drug-likeness (QED) is 0.404. The van der Waals surface area contributed by atoms with E-state index >= 15 is 0 Å². The lowest BCUT2D eigenvalue weighted by Gasteiger charge is -2.23. The third-order valence-corrected chi connectivity index (χ3v) is 5.39. The van der Waals surface area contributed by atoms with Crippen LogP contribution in [0.25, 0.3) is 0 Å². The number of hydrogen-bond acceptors (Lipinski definition) is 2. The van der Waals surface area contributed by atoms with E-state index in [1.54, 1.807) is 4.90 Å². The molecule has 4 aromatic carbocycles. The van der Waals surface area contributed by atoms with Crippen molar-refractivity contribution in [3.8, 4) is 0 Å². The zero-order chi connectivity index (χ0) is 22.9.